The third kappa shape index (κ3) is 4.42. The monoisotopic (exact) mass is 508 g/mol. The van der Waals surface area contributed by atoms with Gasteiger partial charge in [-0.15, -0.1) is 0 Å². The molecule has 0 bridgehead atoms. The summed E-state index contributed by atoms with van der Waals surface area (Å²) in [4.78, 5) is 27.3. The standard InChI is InChI=1S/C30H28N4O4/c1-18-12-21(14-22-13-19(2)38-28(18)22)27-23(17-34(32-27)24-8-5-4-6-9-24)15-25-20(3)26(16-31)30(37)33(29(25)36)10-7-11-35/h4-6,8-9,12,14-15,17,19,35H,7,10-11,13H2,1-3H3/b25-15+. The van der Waals surface area contributed by atoms with Gasteiger partial charge in [0.25, 0.3) is 11.8 Å². The fraction of sp³-hybridized carbons (Fsp3) is 0.267. The SMILES string of the molecule is CC1=C(C#N)C(=O)N(CCCO)C(=O)/C1=C/c1cn(-c2ccccc2)nc1-c1cc(C)c2c(c1)CC(C)O2. The Hall–Kier alpha value is -4.48. The van der Waals surface area contributed by atoms with Gasteiger partial charge >= 0.3 is 0 Å². The van der Waals surface area contributed by atoms with Gasteiger partial charge in [0, 0.05) is 42.5 Å². The number of amides is 2. The highest BCUT2D eigenvalue weighted by atomic mass is 16.5. The normalized spacial score (nSPS) is 18.1. The summed E-state index contributed by atoms with van der Waals surface area (Å²) in [5.41, 5.74) is 5.71. The predicted octanol–water partition coefficient (Wildman–Crippen LogP) is 4.15. The largest absolute Gasteiger partial charge is 0.490 e. The van der Waals surface area contributed by atoms with Crippen molar-refractivity contribution in [1.29, 1.82) is 5.26 Å². The minimum atomic E-state index is -0.635. The first kappa shape index (κ1) is 25.2. The van der Waals surface area contributed by atoms with Crippen LogP contribution in [0.1, 0.15) is 37.0 Å². The third-order valence-corrected chi connectivity index (χ3v) is 6.88. The van der Waals surface area contributed by atoms with Crippen LogP contribution in [0.5, 0.6) is 5.75 Å². The number of benzene rings is 2. The summed E-state index contributed by atoms with van der Waals surface area (Å²) < 4.78 is 7.75. The first-order chi connectivity index (χ1) is 18.3. The summed E-state index contributed by atoms with van der Waals surface area (Å²) in [7, 11) is 0. The van der Waals surface area contributed by atoms with Gasteiger partial charge in [0.15, 0.2) is 0 Å². The number of carbonyl (C=O) groups excluding carboxylic acids is 2. The highest BCUT2D eigenvalue weighted by Crippen LogP contribution is 2.38. The van der Waals surface area contributed by atoms with Crippen molar-refractivity contribution in [3.05, 3.63) is 82.1 Å². The number of aliphatic hydroxyl groups is 1. The van der Waals surface area contributed by atoms with Gasteiger partial charge < -0.3 is 9.84 Å². The van der Waals surface area contributed by atoms with Gasteiger partial charge in [-0.3, -0.25) is 14.5 Å². The highest BCUT2D eigenvalue weighted by molar-refractivity contribution is 6.19. The molecule has 0 spiro atoms. The number of para-hydroxylation sites is 1. The molecule has 2 amide bonds. The molecule has 8 heteroatoms. The third-order valence-electron chi connectivity index (χ3n) is 6.88. The lowest BCUT2D eigenvalue weighted by molar-refractivity contribution is -0.140. The van der Waals surface area contributed by atoms with Crippen LogP contribution < -0.4 is 4.74 Å². The number of rotatable bonds is 6. The first-order valence-electron chi connectivity index (χ1n) is 12.6. The molecule has 2 aromatic carbocycles. The molecule has 1 N–H and O–H groups in total. The maximum atomic E-state index is 13.5. The molecule has 5 rings (SSSR count). The summed E-state index contributed by atoms with van der Waals surface area (Å²) in [6.45, 7) is 5.52. The number of imide groups is 1. The van der Waals surface area contributed by atoms with Crippen molar-refractivity contribution in [2.75, 3.05) is 13.2 Å². The van der Waals surface area contributed by atoms with E-state index in [0.29, 0.717) is 16.8 Å². The number of nitriles is 1. The van der Waals surface area contributed by atoms with Crippen LogP contribution in [0, 0.1) is 18.3 Å². The van der Waals surface area contributed by atoms with E-state index in [4.69, 9.17) is 9.84 Å². The Morgan fingerprint density at radius 3 is 2.66 bits per heavy atom. The van der Waals surface area contributed by atoms with Crippen LogP contribution in [0.2, 0.25) is 0 Å². The summed E-state index contributed by atoms with van der Waals surface area (Å²) in [5, 5.41) is 23.9. The molecular formula is C30H28N4O4. The molecule has 0 radical (unpaired) electrons. The molecule has 38 heavy (non-hydrogen) atoms. The molecule has 0 fully saturated rings. The zero-order chi connectivity index (χ0) is 27.0. The van der Waals surface area contributed by atoms with Gasteiger partial charge in [-0.25, -0.2) is 4.68 Å². The van der Waals surface area contributed by atoms with Crippen molar-refractivity contribution < 1.29 is 19.4 Å². The lowest BCUT2D eigenvalue weighted by atomic mass is 9.92. The van der Waals surface area contributed by atoms with E-state index >= 15 is 0 Å². The quantitative estimate of drug-likeness (QED) is 0.396. The lowest BCUT2D eigenvalue weighted by Crippen LogP contribution is -2.43. The van der Waals surface area contributed by atoms with Gasteiger partial charge in [0.2, 0.25) is 0 Å². The molecule has 3 heterocycles. The highest BCUT2D eigenvalue weighted by Gasteiger charge is 2.35. The first-order valence-corrected chi connectivity index (χ1v) is 12.6. The van der Waals surface area contributed by atoms with E-state index in [0.717, 1.165) is 39.4 Å². The molecule has 8 nitrogen and oxygen atoms in total. The van der Waals surface area contributed by atoms with Crippen molar-refractivity contribution in [1.82, 2.24) is 14.7 Å². The van der Waals surface area contributed by atoms with Gasteiger partial charge in [-0.2, -0.15) is 10.4 Å². The van der Waals surface area contributed by atoms with E-state index in [2.05, 4.69) is 6.07 Å². The molecule has 0 saturated carbocycles. The minimum absolute atomic E-state index is 0.0301. The number of fused-ring (bicyclic) bond motifs is 1. The number of aromatic nitrogens is 2. The van der Waals surface area contributed by atoms with Crippen LogP contribution in [0.15, 0.2) is 65.4 Å². The Balaban J connectivity index is 1.69. The smallest absolute Gasteiger partial charge is 0.271 e. The summed E-state index contributed by atoms with van der Waals surface area (Å²) in [6, 6.07) is 15.7. The van der Waals surface area contributed by atoms with Crippen molar-refractivity contribution in [2.24, 2.45) is 0 Å². The van der Waals surface area contributed by atoms with Gasteiger partial charge in [-0.1, -0.05) is 18.2 Å². The Bertz CT molecular complexity index is 1540. The van der Waals surface area contributed by atoms with Crippen LogP contribution in [-0.4, -0.2) is 50.9 Å². The van der Waals surface area contributed by atoms with Gasteiger partial charge in [0.05, 0.1) is 11.4 Å². The predicted molar refractivity (Wildman–Crippen MR) is 142 cm³/mol. The molecule has 1 aromatic heterocycles. The lowest BCUT2D eigenvalue weighted by Gasteiger charge is -2.27. The molecule has 3 aromatic rings. The van der Waals surface area contributed by atoms with Crippen molar-refractivity contribution in [2.45, 2.75) is 39.7 Å². The molecule has 2 aliphatic rings. The number of hydrogen-bond acceptors (Lipinski definition) is 6. The van der Waals surface area contributed by atoms with Crippen molar-refractivity contribution in [3.8, 4) is 28.8 Å². The number of ether oxygens (including phenoxy) is 1. The molecule has 1 atom stereocenters. The van der Waals surface area contributed by atoms with Crippen LogP contribution >= 0.6 is 0 Å². The number of aliphatic hydroxyl groups excluding tert-OH is 1. The van der Waals surface area contributed by atoms with Crippen LogP contribution in [-0.2, 0) is 16.0 Å². The van der Waals surface area contributed by atoms with Crippen LogP contribution in [0.4, 0.5) is 0 Å². The fourth-order valence-corrected chi connectivity index (χ4v) is 5.00. The van der Waals surface area contributed by atoms with E-state index in [1.807, 2.05) is 62.5 Å². The molecule has 0 saturated heterocycles. The second-order valence-electron chi connectivity index (χ2n) is 9.64. The number of aryl methyl sites for hydroxylation is 1. The van der Waals surface area contributed by atoms with Gasteiger partial charge in [0.1, 0.15) is 23.5 Å². The Kier molecular flexibility index (Phi) is 6.70. The minimum Gasteiger partial charge on any atom is -0.490 e. The van der Waals surface area contributed by atoms with E-state index in [1.165, 1.54) is 0 Å². The maximum absolute atomic E-state index is 13.5. The Morgan fingerprint density at radius 1 is 1.18 bits per heavy atom. The molecule has 0 aliphatic carbocycles. The van der Waals surface area contributed by atoms with Crippen molar-refractivity contribution in [3.63, 3.8) is 0 Å². The van der Waals surface area contributed by atoms with Crippen LogP contribution in [0.3, 0.4) is 0 Å². The van der Waals surface area contributed by atoms with E-state index in [1.54, 1.807) is 17.7 Å². The second kappa shape index (κ2) is 10.1. The molecular weight excluding hydrogens is 480 g/mol. The summed E-state index contributed by atoms with van der Waals surface area (Å²) in [5.74, 6) is -0.225. The number of carbonyl (C=O) groups is 2. The van der Waals surface area contributed by atoms with E-state index in [-0.39, 0.29) is 36.8 Å². The molecule has 2 aliphatic heterocycles. The summed E-state index contributed by atoms with van der Waals surface area (Å²) in [6.07, 6.45) is 4.68. The maximum Gasteiger partial charge on any atom is 0.271 e. The van der Waals surface area contributed by atoms with E-state index in [9.17, 15) is 20.0 Å². The fourth-order valence-electron chi connectivity index (χ4n) is 5.00. The zero-order valence-electron chi connectivity index (χ0n) is 21.6. The van der Waals surface area contributed by atoms with E-state index < -0.39 is 11.8 Å². The van der Waals surface area contributed by atoms with Crippen LogP contribution in [0.25, 0.3) is 23.0 Å². The molecule has 192 valence electrons. The average Bonchev–Trinajstić information content (AvgIpc) is 3.50. The van der Waals surface area contributed by atoms with Gasteiger partial charge in [-0.05, 0) is 74.2 Å². The van der Waals surface area contributed by atoms with Crippen molar-refractivity contribution >= 4 is 17.9 Å². The average molecular weight is 509 g/mol. The Morgan fingerprint density at radius 2 is 1.95 bits per heavy atom. The zero-order valence-corrected chi connectivity index (χ0v) is 21.6. The Labute approximate surface area is 221 Å². The summed E-state index contributed by atoms with van der Waals surface area (Å²) >= 11 is 0. The number of nitrogens with zero attached hydrogens (tertiary/aromatic N) is 4. The second-order valence-corrected chi connectivity index (χ2v) is 9.64. The number of hydrogen-bond donors (Lipinski definition) is 1. The topological polar surface area (TPSA) is 108 Å². The molecule has 1 unspecified atom stereocenters.